The first kappa shape index (κ1) is 16.9. The Hall–Kier alpha value is -2.50. The maximum atomic E-state index is 12.1. The molecule has 23 heavy (non-hydrogen) atoms. The van der Waals surface area contributed by atoms with Gasteiger partial charge in [0.05, 0.1) is 18.8 Å². The maximum absolute atomic E-state index is 12.1. The smallest absolute Gasteiger partial charge is 0.319 e. The van der Waals surface area contributed by atoms with Crippen LogP contribution in [0.25, 0.3) is 0 Å². The molecule has 124 valence electrons. The van der Waals surface area contributed by atoms with E-state index in [0.29, 0.717) is 6.61 Å². The number of anilines is 1. The third-order valence-electron chi connectivity index (χ3n) is 3.68. The van der Waals surface area contributed by atoms with E-state index < -0.39 is 0 Å². The first-order valence-corrected chi connectivity index (χ1v) is 7.87. The summed E-state index contributed by atoms with van der Waals surface area (Å²) in [5.41, 5.74) is 2.81. The zero-order valence-electron chi connectivity index (χ0n) is 14.1. The van der Waals surface area contributed by atoms with Crippen LogP contribution in [-0.2, 0) is 6.54 Å². The Morgan fingerprint density at radius 2 is 2.00 bits per heavy atom. The van der Waals surface area contributed by atoms with Gasteiger partial charge < -0.3 is 15.4 Å². The fourth-order valence-electron chi connectivity index (χ4n) is 2.45. The van der Waals surface area contributed by atoms with Crippen molar-refractivity contribution in [3.63, 3.8) is 0 Å². The number of nitrogens with zero attached hydrogens (tertiary/aromatic N) is 2. The van der Waals surface area contributed by atoms with Crippen LogP contribution in [0.15, 0.2) is 30.5 Å². The first-order valence-electron chi connectivity index (χ1n) is 7.87. The number of amides is 2. The number of hydrogen-bond acceptors (Lipinski definition) is 3. The molecule has 0 bridgehead atoms. The van der Waals surface area contributed by atoms with Crippen LogP contribution < -0.4 is 15.4 Å². The lowest BCUT2D eigenvalue weighted by atomic mass is 10.1. The van der Waals surface area contributed by atoms with Crippen LogP contribution >= 0.6 is 0 Å². The van der Waals surface area contributed by atoms with Crippen molar-refractivity contribution in [2.45, 2.75) is 40.3 Å². The van der Waals surface area contributed by atoms with Crippen molar-refractivity contribution in [3.8, 4) is 5.75 Å². The summed E-state index contributed by atoms with van der Waals surface area (Å²) in [5.74, 6) is 0.787. The molecule has 6 heteroatoms. The van der Waals surface area contributed by atoms with Gasteiger partial charge in [0.2, 0.25) is 0 Å². The highest BCUT2D eigenvalue weighted by Gasteiger charge is 2.15. The van der Waals surface area contributed by atoms with Gasteiger partial charge in [-0.2, -0.15) is 5.10 Å². The van der Waals surface area contributed by atoms with Gasteiger partial charge in [-0.25, -0.2) is 4.79 Å². The molecule has 0 spiro atoms. The largest absolute Gasteiger partial charge is 0.494 e. The van der Waals surface area contributed by atoms with E-state index in [4.69, 9.17) is 4.74 Å². The van der Waals surface area contributed by atoms with Crippen LogP contribution in [0, 0.1) is 6.92 Å². The summed E-state index contributed by atoms with van der Waals surface area (Å²) in [5, 5.41) is 10.1. The molecule has 0 unspecified atom stereocenters. The Balaban J connectivity index is 1.94. The SMILES string of the molecule is CCOc1ccc(NC(=O)N[C@H](C)c2cnn(CC)c2C)cc1. The molecule has 0 radical (unpaired) electrons. The zero-order valence-corrected chi connectivity index (χ0v) is 14.1. The number of carbonyl (C=O) groups excluding carboxylic acids is 1. The van der Waals surface area contributed by atoms with E-state index in [9.17, 15) is 4.79 Å². The van der Waals surface area contributed by atoms with Crippen LogP contribution in [-0.4, -0.2) is 22.4 Å². The molecule has 0 saturated carbocycles. The number of nitrogens with one attached hydrogen (secondary N) is 2. The van der Waals surface area contributed by atoms with Gasteiger partial charge in [0.25, 0.3) is 0 Å². The second kappa shape index (κ2) is 7.67. The molecular weight excluding hydrogens is 292 g/mol. The summed E-state index contributed by atoms with van der Waals surface area (Å²) < 4.78 is 7.29. The number of aryl methyl sites for hydroxylation is 1. The summed E-state index contributed by atoms with van der Waals surface area (Å²) in [7, 11) is 0. The van der Waals surface area contributed by atoms with E-state index in [1.807, 2.05) is 56.6 Å². The molecule has 2 aromatic rings. The van der Waals surface area contributed by atoms with Crippen LogP contribution in [0.2, 0.25) is 0 Å². The Kier molecular flexibility index (Phi) is 5.62. The number of carbonyl (C=O) groups is 1. The quantitative estimate of drug-likeness (QED) is 0.857. The van der Waals surface area contributed by atoms with Crippen molar-refractivity contribution in [2.75, 3.05) is 11.9 Å². The van der Waals surface area contributed by atoms with Crippen molar-refractivity contribution in [3.05, 3.63) is 41.7 Å². The summed E-state index contributed by atoms with van der Waals surface area (Å²) in [4.78, 5) is 12.1. The molecule has 0 saturated heterocycles. The number of hydrogen-bond donors (Lipinski definition) is 2. The zero-order chi connectivity index (χ0) is 16.8. The van der Waals surface area contributed by atoms with Gasteiger partial charge >= 0.3 is 6.03 Å². The van der Waals surface area contributed by atoms with E-state index in [1.165, 1.54) is 0 Å². The first-order chi connectivity index (χ1) is 11.0. The van der Waals surface area contributed by atoms with Gasteiger partial charge in [-0.1, -0.05) is 0 Å². The van der Waals surface area contributed by atoms with Crippen LogP contribution in [0.5, 0.6) is 5.75 Å². The minimum absolute atomic E-state index is 0.113. The number of urea groups is 1. The number of aromatic nitrogens is 2. The van der Waals surface area contributed by atoms with Crippen LogP contribution in [0.3, 0.4) is 0 Å². The van der Waals surface area contributed by atoms with Crippen LogP contribution in [0.1, 0.15) is 38.1 Å². The van der Waals surface area contributed by atoms with Crippen molar-refractivity contribution in [1.29, 1.82) is 0 Å². The minimum Gasteiger partial charge on any atom is -0.494 e. The molecule has 1 aromatic carbocycles. The second-order valence-corrected chi connectivity index (χ2v) is 5.28. The van der Waals surface area contributed by atoms with E-state index in [2.05, 4.69) is 15.7 Å². The molecule has 2 amide bonds. The highest BCUT2D eigenvalue weighted by molar-refractivity contribution is 5.89. The molecule has 0 fully saturated rings. The van der Waals surface area contributed by atoms with Gasteiger partial charge in [-0.05, 0) is 52.0 Å². The second-order valence-electron chi connectivity index (χ2n) is 5.28. The molecule has 0 aliphatic rings. The summed E-state index contributed by atoms with van der Waals surface area (Å²) >= 11 is 0. The predicted molar refractivity (Wildman–Crippen MR) is 90.8 cm³/mol. The average molecular weight is 316 g/mol. The molecule has 0 aliphatic heterocycles. The average Bonchev–Trinajstić information content (AvgIpc) is 2.90. The van der Waals surface area contributed by atoms with E-state index in [0.717, 1.165) is 29.2 Å². The lowest BCUT2D eigenvalue weighted by Crippen LogP contribution is -2.31. The van der Waals surface area contributed by atoms with Gasteiger partial charge in [0.1, 0.15) is 5.75 Å². The van der Waals surface area contributed by atoms with E-state index >= 15 is 0 Å². The predicted octanol–water partition coefficient (Wildman–Crippen LogP) is 3.49. The highest BCUT2D eigenvalue weighted by Crippen LogP contribution is 2.18. The third-order valence-corrected chi connectivity index (χ3v) is 3.68. The van der Waals surface area contributed by atoms with Crippen molar-refractivity contribution >= 4 is 11.7 Å². The lowest BCUT2D eigenvalue weighted by molar-refractivity contribution is 0.249. The molecule has 1 heterocycles. The Morgan fingerprint density at radius 1 is 1.30 bits per heavy atom. The van der Waals surface area contributed by atoms with E-state index in [1.54, 1.807) is 6.20 Å². The number of benzene rings is 1. The molecular formula is C17H24N4O2. The fraction of sp³-hybridized carbons (Fsp3) is 0.412. The summed E-state index contributed by atoms with van der Waals surface area (Å²) in [6.45, 7) is 9.37. The summed E-state index contributed by atoms with van der Waals surface area (Å²) in [6.07, 6.45) is 1.81. The van der Waals surface area contributed by atoms with Gasteiger partial charge in [-0.15, -0.1) is 0 Å². The Labute approximate surface area is 136 Å². The maximum Gasteiger partial charge on any atom is 0.319 e. The number of ether oxygens (including phenoxy) is 1. The molecule has 2 rings (SSSR count). The third kappa shape index (κ3) is 4.25. The van der Waals surface area contributed by atoms with Crippen molar-refractivity contribution in [2.24, 2.45) is 0 Å². The highest BCUT2D eigenvalue weighted by atomic mass is 16.5. The monoisotopic (exact) mass is 316 g/mol. The minimum atomic E-state index is -0.245. The lowest BCUT2D eigenvalue weighted by Gasteiger charge is -2.15. The standard InChI is InChI=1S/C17H24N4O2/c1-5-21-13(4)16(11-18-21)12(3)19-17(22)20-14-7-9-15(10-8-14)23-6-2/h7-12H,5-6H2,1-4H3,(H2,19,20,22)/t12-/m1/s1. The number of rotatable bonds is 6. The van der Waals surface area contributed by atoms with E-state index in [-0.39, 0.29) is 12.1 Å². The van der Waals surface area contributed by atoms with Crippen LogP contribution in [0.4, 0.5) is 10.5 Å². The Morgan fingerprint density at radius 3 is 2.57 bits per heavy atom. The Bertz CT molecular complexity index is 649. The van der Waals surface area contributed by atoms with Crippen molar-refractivity contribution in [1.82, 2.24) is 15.1 Å². The van der Waals surface area contributed by atoms with Crippen molar-refractivity contribution < 1.29 is 9.53 Å². The molecule has 6 nitrogen and oxygen atoms in total. The normalized spacial score (nSPS) is 11.8. The van der Waals surface area contributed by atoms with Gasteiger partial charge in [-0.3, -0.25) is 4.68 Å². The molecule has 2 N–H and O–H groups in total. The molecule has 1 atom stereocenters. The molecule has 1 aromatic heterocycles. The fourth-order valence-corrected chi connectivity index (χ4v) is 2.45. The van der Waals surface area contributed by atoms with Gasteiger partial charge in [0, 0.05) is 23.5 Å². The topological polar surface area (TPSA) is 68.2 Å². The summed E-state index contributed by atoms with van der Waals surface area (Å²) in [6, 6.07) is 6.93. The molecule has 0 aliphatic carbocycles. The van der Waals surface area contributed by atoms with Gasteiger partial charge in [0.15, 0.2) is 0 Å².